The molecule has 0 aromatic carbocycles. The van der Waals surface area contributed by atoms with Gasteiger partial charge in [-0.05, 0) is 26.9 Å². The van der Waals surface area contributed by atoms with Crippen molar-refractivity contribution in [3.05, 3.63) is 12.7 Å². The number of hydrogen-bond acceptors (Lipinski definition) is 7. The van der Waals surface area contributed by atoms with Crippen LogP contribution in [0.1, 0.15) is 39.5 Å². The highest BCUT2D eigenvalue weighted by atomic mass is 16.5. The molecule has 26 heavy (non-hydrogen) atoms. The van der Waals surface area contributed by atoms with Crippen LogP contribution in [0.25, 0.3) is 0 Å². The monoisotopic (exact) mass is 373 g/mol. The van der Waals surface area contributed by atoms with E-state index in [9.17, 15) is 19.5 Å². The molecule has 0 aliphatic rings. The van der Waals surface area contributed by atoms with Crippen molar-refractivity contribution < 1.29 is 24.2 Å². The van der Waals surface area contributed by atoms with Gasteiger partial charge in [-0.1, -0.05) is 39.3 Å². The van der Waals surface area contributed by atoms with Crippen LogP contribution < -0.4 is 16.0 Å². The number of nitrogens with one attached hydrogen (secondary N) is 3. The zero-order chi connectivity index (χ0) is 20.4. The van der Waals surface area contributed by atoms with Gasteiger partial charge in [0.05, 0.1) is 6.04 Å². The number of likely N-dealkylation sites (N-methyl/N-ethyl adjacent to an activating group) is 2. The van der Waals surface area contributed by atoms with Crippen molar-refractivity contribution in [2.24, 2.45) is 0 Å². The lowest BCUT2D eigenvalue weighted by Crippen LogP contribution is -2.48. The van der Waals surface area contributed by atoms with Gasteiger partial charge in [-0.3, -0.25) is 9.59 Å². The van der Waals surface area contributed by atoms with E-state index < -0.39 is 18.0 Å². The summed E-state index contributed by atoms with van der Waals surface area (Å²) in [5.74, 6) is -1.15. The minimum Gasteiger partial charge on any atom is -0.460 e. The molecule has 0 rings (SSSR count). The van der Waals surface area contributed by atoms with Crippen LogP contribution in [-0.2, 0) is 19.1 Å². The van der Waals surface area contributed by atoms with Crippen molar-refractivity contribution in [2.75, 3.05) is 27.2 Å². The number of carbonyl (C=O) groups is 3. The molecule has 0 aliphatic heterocycles. The van der Waals surface area contributed by atoms with E-state index in [0.29, 0.717) is 6.42 Å². The summed E-state index contributed by atoms with van der Waals surface area (Å²) in [6.07, 6.45) is 4.73. The first-order valence-corrected chi connectivity index (χ1v) is 8.93. The molecule has 0 aromatic rings. The summed E-state index contributed by atoms with van der Waals surface area (Å²) in [6.45, 7) is 7.27. The normalized spacial score (nSPS) is 13.4. The number of aldehydes is 1. The lowest BCUT2D eigenvalue weighted by atomic mass is 10.1. The van der Waals surface area contributed by atoms with Crippen LogP contribution in [0.2, 0.25) is 0 Å². The Hall–Kier alpha value is -1.77. The maximum absolute atomic E-state index is 11.6. The van der Waals surface area contributed by atoms with Gasteiger partial charge in [-0.2, -0.15) is 0 Å². The van der Waals surface area contributed by atoms with Gasteiger partial charge in [-0.25, -0.2) is 0 Å². The Morgan fingerprint density at radius 1 is 1.15 bits per heavy atom. The molecule has 3 atom stereocenters. The molecule has 4 N–H and O–H groups in total. The van der Waals surface area contributed by atoms with E-state index in [2.05, 4.69) is 34.2 Å². The van der Waals surface area contributed by atoms with Crippen LogP contribution in [-0.4, -0.2) is 68.7 Å². The van der Waals surface area contributed by atoms with E-state index in [1.807, 2.05) is 6.92 Å². The van der Waals surface area contributed by atoms with E-state index in [1.165, 1.54) is 6.08 Å². The predicted molar refractivity (Wildman–Crippen MR) is 102 cm³/mol. The molecule has 1 amide bonds. The fourth-order valence-corrected chi connectivity index (χ4v) is 2.01. The van der Waals surface area contributed by atoms with Crippen molar-refractivity contribution in [3.63, 3.8) is 0 Å². The van der Waals surface area contributed by atoms with Gasteiger partial charge in [0.1, 0.15) is 25.5 Å². The van der Waals surface area contributed by atoms with Crippen LogP contribution in [0, 0.1) is 0 Å². The van der Waals surface area contributed by atoms with Crippen molar-refractivity contribution in [1.29, 1.82) is 0 Å². The Morgan fingerprint density at radius 3 is 2.15 bits per heavy atom. The summed E-state index contributed by atoms with van der Waals surface area (Å²) in [7, 11) is 3.48. The SMILES string of the molecule is C=CCOC(=O)CNC(=O)C(O)C(CCC)NC.CCCC(C=O)NC. The van der Waals surface area contributed by atoms with Gasteiger partial charge in [0.25, 0.3) is 5.91 Å². The number of rotatable bonds is 13. The Kier molecular flexibility index (Phi) is 18.4. The Bertz CT molecular complexity index is 404. The average molecular weight is 373 g/mol. The largest absolute Gasteiger partial charge is 0.460 e. The van der Waals surface area contributed by atoms with Gasteiger partial charge in [0.15, 0.2) is 0 Å². The maximum Gasteiger partial charge on any atom is 0.325 e. The Labute approximate surface area is 156 Å². The van der Waals surface area contributed by atoms with E-state index >= 15 is 0 Å². The average Bonchev–Trinajstić information content (AvgIpc) is 2.66. The van der Waals surface area contributed by atoms with Crippen LogP contribution >= 0.6 is 0 Å². The standard InChI is InChI=1S/C12H22N2O4.C6H13NO/c1-4-6-9(13-3)11(16)12(17)14-8-10(15)18-7-5-2;1-3-4-6(5-8)7-2/h5,9,11,13,16H,2,4,6-8H2,1,3H3,(H,14,17);5-7H,3-4H2,1-2H3. The lowest BCUT2D eigenvalue weighted by Gasteiger charge is -2.21. The summed E-state index contributed by atoms with van der Waals surface area (Å²) in [6, 6.07) is -0.251. The fraction of sp³-hybridized carbons (Fsp3) is 0.722. The zero-order valence-corrected chi connectivity index (χ0v) is 16.4. The topological polar surface area (TPSA) is 117 Å². The lowest BCUT2D eigenvalue weighted by molar-refractivity contribution is -0.144. The number of aliphatic hydroxyl groups excluding tert-OH is 1. The van der Waals surface area contributed by atoms with Crippen LogP contribution in [0.4, 0.5) is 0 Å². The maximum atomic E-state index is 11.6. The summed E-state index contributed by atoms with van der Waals surface area (Å²) < 4.78 is 4.69. The molecular formula is C18H35N3O5. The van der Waals surface area contributed by atoms with Gasteiger partial charge >= 0.3 is 5.97 Å². The molecule has 0 fully saturated rings. The molecule has 0 aromatic heterocycles. The number of amides is 1. The van der Waals surface area contributed by atoms with Gasteiger partial charge in [0.2, 0.25) is 0 Å². The summed E-state index contributed by atoms with van der Waals surface area (Å²) in [5.41, 5.74) is 0. The van der Waals surface area contributed by atoms with Crippen molar-refractivity contribution >= 4 is 18.2 Å². The van der Waals surface area contributed by atoms with Crippen LogP contribution in [0.3, 0.4) is 0 Å². The van der Waals surface area contributed by atoms with Crippen LogP contribution in [0.15, 0.2) is 12.7 Å². The number of hydrogen-bond donors (Lipinski definition) is 4. The second-order valence-corrected chi connectivity index (χ2v) is 5.64. The molecule has 0 aliphatic carbocycles. The highest BCUT2D eigenvalue weighted by Gasteiger charge is 2.24. The third-order valence-corrected chi connectivity index (χ3v) is 3.52. The summed E-state index contributed by atoms with van der Waals surface area (Å²) >= 11 is 0. The molecule has 152 valence electrons. The summed E-state index contributed by atoms with van der Waals surface area (Å²) in [5, 5.41) is 17.8. The van der Waals surface area contributed by atoms with Crippen molar-refractivity contribution in [3.8, 4) is 0 Å². The smallest absolute Gasteiger partial charge is 0.325 e. The zero-order valence-electron chi connectivity index (χ0n) is 16.4. The third kappa shape index (κ3) is 13.5. The Balaban J connectivity index is 0. The molecule has 0 spiro atoms. The predicted octanol–water partition coefficient (Wildman–Crippen LogP) is 0.154. The molecule has 0 saturated carbocycles. The number of esters is 1. The third-order valence-electron chi connectivity index (χ3n) is 3.52. The van der Waals surface area contributed by atoms with Crippen LogP contribution in [0.5, 0.6) is 0 Å². The molecular weight excluding hydrogens is 338 g/mol. The summed E-state index contributed by atoms with van der Waals surface area (Å²) in [4.78, 5) is 32.7. The van der Waals surface area contributed by atoms with E-state index in [-0.39, 0.29) is 25.2 Å². The minimum absolute atomic E-state index is 0.0694. The van der Waals surface area contributed by atoms with E-state index in [0.717, 1.165) is 25.5 Å². The van der Waals surface area contributed by atoms with E-state index in [1.54, 1.807) is 14.1 Å². The Morgan fingerprint density at radius 2 is 1.77 bits per heavy atom. The van der Waals surface area contributed by atoms with Crippen molar-refractivity contribution in [2.45, 2.75) is 57.7 Å². The van der Waals surface area contributed by atoms with Gasteiger partial charge in [-0.15, -0.1) is 0 Å². The number of carbonyl (C=O) groups excluding carboxylic acids is 3. The highest BCUT2D eigenvalue weighted by molar-refractivity contribution is 5.85. The van der Waals surface area contributed by atoms with Gasteiger partial charge in [0, 0.05) is 6.04 Å². The van der Waals surface area contributed by atoms with E-state index in [4.69, 9.17) is 0 Å². The molecule has 0 radical (unpaired) electrons. The molecule has 8 nitrogen and oxygen atoms in total. The molecule has 0 saturated heterocycles. The first-order valence-electron chi connectivity index (χ1n) is 8.93. The molecule has 3 unspecified atom stereocenters. The minimum atomic E-state index is -1.18. The fourth-order valence-electron chi connectivity index (χ4n) is 2.01. The molecule has 0 heterocycles. The number of aliphatic hydroxyl groups is 1. The quantitative estimate of drug-likeness (QED) is 0.206. The van der Waals surface area contributed by atoms with Crippen molar-refractivity contribution in [1.82, 2.24) is 16.0 Å². The second kappa shape index (κ2) is 18.0. The molecule has 8 heteroatoms. The second-order valence-electron chi connectivity index (χ2n) is 5.64. The first-order chi connectivity index (χ1) is 12.4. The number of ether oxygens (including phenoxy) is 1. The molecule has 0 bridgehead atoms. The van der Waals surface area contributed by atoms with Gasteiger partial charge < -0.3 is 30.6 Å². The highest BCUT2D eigenvalue weighted by Crippen LogP contribution is 2.02. The first kappa shape index (κ1) is 26.5.